The van der Waals surface area contributed by atoms with E-state index in [4.69, 9.17) is 9.84 Å². The zero-order valence-corrected chi connectivity index (χ0v) is 9.27. The first kappa shape index (κ1) is 12.2. The van der Waals surface area contributed by atoms with Crippen molar-refractivity contribution in [3.8, 4) is 0 Å². The molecule has 1 rings (SSSR count). The minimum atomic E-state index is -2.90. The molecule has 1 aliphatic rings. The molecule has 0 aromatic heterocycles. The van der Waals surface area contributed by atoms with Crippen LogP contribution in [0, 0.1) is 0 Å². The van der Waals surface area contributed by atoms with Crippen LogP contribution in [0.15, 0.2) is 23.8 Å². The molecular formula is C9H13O5P. The zero-order valence-electron chi connectivity index (χ0n) is 8.27. The van der Waals surface area contributed by atoms with Crippen LogP contribution >= 0.6 is 8.03 Å². The summed E-state index contributed by atoms with van der Waals surface area (Å²) < 4.78 is 16.4. The number of hydrogen-bond acceptors (Lipinski definition) is 3. The predicted molar refractivity (Wildman–Crippen MR) is 55.1 cm³/mol. The largest absolute Gasteiger partial charge is 0.478 e. The van der Waals surface area contributed by atoms with E-state index in [-0.39, 0.29) is 12.0 Å². The Labute approximate surface area is 87.9 Å². The first-order valence-electron chi connectivity index (χ1n) is 4.52. The average Bonchev–Trinajstić information content (AvgIpc) is 2.18. The highest BCUT2D eigenvalue weighted by Crippen LogP contribution is 2.43. The minimum Gasteiger partial charge on any atom is -0.478 e. The topological polar surface area (TPSA) is 83.8 Å². The molecule has 0 saturated heterocycles. The van der Waals surface area contributed by atoms with Crippen LogP contribution in [0.2, 0.25) is 0 Å². The summed E-state index contributed by atoms with van der Waals surface area (Å²) in [5.74, 6) is -1.05. The maximum atomic E-state index is 11.2. The molecule has 0 aliphatic heterocycles. The van der Waals surface area contributed by atoms with Crippen LogP contribution in [0.1, 0.15) is 13.3 Å². The maximum Gasteiger partial charge on any atom is 0.335 e. The van der Waals surface area contributed by atoms with Crippen LogP contribution in [-0.4, -0.2) is 27.9 Å². The molecule has 0 radical (unpaired) electrons. The molecule has 6 heteroatoms. The van der Waals surface area contributed by atoms with Gasteiger partial charge in [-0.25, -0.2) is 4.79 Å². The normalized spacial score (nSPS) is 27.2. The molecule has 0 fully saturated rings. The van der Waals surface area contributed by atoms with Crippen molar-refractivity contribution in [3.05, 3.63) is 23.8 Å². The van der Waals surface area contributed by atoms with Crippen LogP contribution in [0.25, 0.3) is 0 Å². The van der Waals surface area contributed by atoms with Gasteiger partial charge in [0.15, 0.2) is 5.34 Å². The fraction of sp³-hybridized carbons (Fsp3) is 0.444. The Balaban J connectivity index is 2.89. The standard InChI is InChI=1S/C9H13O5P/c1-2-14-9(15(12)13)5-3-7(4-6-9)8(10)11/h3-5,15H,2,6H2,1H3,(H,10,11)(H,12,13). The Kier molecular flexibility index (Phi) is 3.85. The Bertz CT molecular complexity index is 346. The monoisotopic (exact) mass is 232 g/mol. The summed E-state index contributed by atoms with van der Waals surface area (Å²) in [6.45, 7) is 2.02. The van der Waals surface area contributed by atoms with Gasteiger partial charge in [0.1, 0.15) is 0 Å². The Morgan fingerprint density at radius 2 is 2.40 bits per heavy atom. The molecule has 0 bridgehead atoms. The summed E-state index contributed by atoms with van der Waals surface area (Å²) in [7, 11) is -2.90. The molecule has 0 aromatic carbocycles. The van der Waals surface area contributed by atoms with Gasteiger partial charge < -0.3 is 14.7 Å². The Morgan fingerprint density at radius 3 is 2.73 bits per heavy atom. The van der Waals surface area contributed by atoms with E-state index in [0.29, 0.717) is 6.61 Å². The van der Waals surface area contributed by atoms with Crippen LogP contribution in [-0.2, 0) is 14.1 Å². The highest BCUT2D eigenvalue weighted by Gasteiger charge is 2.35. The third-order valence-electron chi connectivity index (χ3n) is 2.17. The van der Waals surface area contributed by atoms with Crippen molar-refractivity contribution in [2.24, 2.45) is 0 Å². The van der Waals surface area contributed by atoms with Gasteiger partial charge in [-0.05, 0) is 19.1 Å². The smallest absolute Gasteiger partial charge is 0.335 e. The van der Waals surface area contributed by atoms with Crippen LogP contribution < -0.4 is 0 Å². The highest BCUT2D eigenvalue weighted by molar-refractivity contribution is 7.40. The van der Waals surface area contributed by atoms with Crippen molar-refractivity contribution in [3.63, 3.8) is 0 Å². The molecule has 0 aromatic rings. The molecule has 0 spiro atoms. The molecule has 0 heterocycles. The predicted octanol–water partition coefficient (Wildman–Crippen LogP) is 1.16. The van der Waals surface area contributed by atoms with Gasteiger partial charge in [-0.3, -0.25) is 4.57 Å². The van der Waals surface area contributed by atoms with E-state index in [2.05, 4.69) is 0 Å². The number of carbonyl (C=O) groups is 1. The van der Waals surface area contributed by atoms with E-state index in [1.165, 1.54) is 18.2 Å². The van der Waals surface area contributed by atoms with Gasteiger partial charge in [0.2, 0.25) is 8.03 Å². The lowest BCUT2D eigenvalue weighted by molar-refractivity contribution is -0.132. The SMILES string of the molecule is CCOC1([PH](=O)O)C=CC(C(=O)O)=CC1. The molecule has 2 atom stereocenters. The molecule has 84 valence electrons. The molecule has 5 nitrogen and oxygen atoms in total. The van der Waals surface area contributed by atoms with Crippen LogP contribution in [0.3, 0.4) is 0 Å². The fourth-order valence-corrected chi connectivity index (χ4v) is 2.14. The van der Waals surface area contributed by atoms with E-state index < -0.39 is 19.3 Å². The first-order chi connectivity index (χ1) is 7.02. The van der Waals surface area contributed by atoms with Gasteiger partial charge in [0.05, 0.1) is 5.57 Å². The first-order valence-corrected chi connectivity index (χ1v) is 5.87. The lowest BCUT2D eigenvalue weighted by atomic mass is 10.0. The Hall–Kier alpha value is -0.900. The summed E-state index contributed by atoms with van der Waals surface area (Å²) in [5, 5.41) is 7.46. The lowest BCUT2D eigenvalue weighted by Crippen LogP contribution is -2.27. The van der Waals surface area contributed by atoms with Crippen LogP contribution in [0.5, 0.6) is 0 Å². The quantitative estimate of drug-likeness (QED) is 0.710. The molecule has 2 unspecified atom stereocenters. The van der Waals surface area contributed by atoms with Crippen molar-refractivity contribution in [1.82, 2.24) is 0 Å². The number of carboxylic acids is 1. The number of carboxylic acid groups (broad SMARTS) is 1. The van der Waals surface area contributed by atoms with Gasteiger partial charge in [-0.2, -0.15) is 0 Å². The molecule has 0 amide bonds. The summed E-state index contributed by atoms with van der Waals surface area (Å²) in [6, 6.07) is 0. The van der Waals surface area contributed by atoms with E-state index in [9.17, 15) is 14.3 Å². The van der Waals surface area contributed by atoms with Crippen molar-refractivity contribution in [1.29, 1.82) is 0 Å². The zero-order chi connectivity index (χ0) is 11.5. The summed E-state index contributed by atoms with van der Waals surface area (Å²) in [5.41, 5.74) is 0.119. The molecular weight excluding hydrogens is 219 g/mol. The average molecular weight is 232 g/mol. The molecule has 2 N–H and O–H groups in total. The van der Waals surface area contributed by atoms with Gasteiger partial charge in [-0.15, -0.1) is 0 Å². The van der Waals surface area contributed by atoms with Crippen LogP contribution in [0.4, 0.5) is 0 Å². The summed E-state index contributed by atoms with van der Waals surface area (Å²) >= 11 is 0. The van der Waals surface area contributed by atoms with E-state index >= 15 is 0 Å². The second kappa shape index (κ2) is 4.75. The summed E-state index contributed by atoms with van der Waals surface area (Å²) in [4.78, 5) is 19.8. The second-order valence-electron chi connectivity index (χ2n) is 3.13. The minimum absolute atomic E-state index is 0.118. The van der Waals surface area contributed by atoms with Crippen molar-refractivity contribution in [2.75, 3.05) is 6.61 Å². The van der Waals surface area contributed by atoms with Gasteiger partial charge >= 0.3 is 5.97 Å². The molecule has 1 aliphatic carbocycles. The molecule has 15 heavy (non-hydrogen) atoms. The third-order valence-corrected chi connectivity index (χ3v) is 3.41. The van der Waals surface area contributed by atoms with Gasteiger partial charge in [0, 0.05) is 13.0 Å². The van der Waals surface area contributed by atoms with E-state index in [1.807, 2.05) is 0 Å². The van der Waals surface area contributed by atoms with Crippen molar-refractivity contribution in [2.45, 2.75) is 18.7 Å². The van der Waals surface area contributed by atoms with Crippen molar-refractivity contribution >= 4 is 14.0 Å². The van der Waals surface area contributed by atoms with Gasteiger partial charge in [0.25, 0.3) is 0 Å². The van der Waals surface area contributed by atoms with Gasteiger partial charge in [-0.1, -0.05) is 6.08 Å². The number of ether oxygens (including phenoxy) is 1. The van der Waals surface area contributed by atoms with E-state index in [0.717, 1.165) is 0 Å². The lowest BCUT2D eigenvalue weighted by Gasteiger charge is -2.28. The third kappa shape index (κ3) is 2.56. The highest BCUT2D eigenvalue weighted by atomic mass is 31.1. The second-order valence-corrected chi connectivity index (χ2v) is 4.59. The van der Waals surface area contributed by atoms with E-state index in [1.54, 1.807) is 6.92 Å². The molecule has 0 saturated carbocycles. The van der Waals surface area contributed by atoms with Crippen molar-refractivity contribution < 1.29 is 24.1 Å². The number of hydrogen-bond donors (Lipinski definition) is 2. The number of aliphatic carboxylic acids is 1. The summed E-state index contributed by atoms with van der Waals surface area (Å²) in [6.07, 6.45) is 4.19. The Morgan fingerprint density at radius 1 is 1.73 bits per heavy atom. The fourth-order valence-electron chi connectivity index (χ4n) is 1.37. The number of rotatable bonds is 4. The maximum absolute atomic E-state index is 11.2.